The topological polar surface area (TPSA) is 94.6 Å². The molecule has 2 heterocycles. The third-order valence-corrected chi connectivity index (χ3v) is 3.14. The molecule has 1 amide bonds. The summed E-state index contributed by atoms with van der Waals surface area (Å²) in [4.78, 5) is 23.7. The van der Waals surface area contributed by atoms with Gasteiger partial charge < -0.3 is 13.7 Å². The third kappa shape index (κ3) is 4.21. The number of rotatable bonds is 4. The van der Waals surface area contributed by atoms with Crippen LogP contribution in [-0.4, -0.2) is 23.6 Å². The van der Waals surface area contributed by atoms with Gasteiger partial charge in [0.15, 0.2) is 6.61 Å². The fourth-order valence-corrected chi connectivity index (χ4v) is 1.90. The van der Waals surface area contributed by atoms with Crippen molar-refractivity contribution < 1.29 is 23.3 Å². The van der Waals surface area contributed by atoms with E-state index in [-0.39, 0.29) is 11.3 Å². The van der Waals surface area contributed by atoms with Crippen LogP contribution in [0.3, 0.4) is 0 Å². The summed E-state index contributed by atoms with van der Waals surface area (Å²) in [7, 11) is 0. The maximum Gasteiger partial charge on any atom is 0.342 e. The quantitative estimate of drug-likeness (QED) is 0.870. The Morgan fingerprint density at radius 1 is 1.26 bits per heavy atom. The lowest BCUT2D eigenvalue weighted by atomic mass is 9.92. The van der Waals surface area contributed by atoms with Crippen LogP contribution in [0.4, 0.5) is 5.88 Å². The van der Waals surface area contributed by atoms with Crippen LogP contribution in [0.15, 0.2) is 21.1 Å². The predicted molar refractivity (Wildman–Crippen MR) is 82.3 cm³/mol. The van der Waals surface area contributed by atoms with E-state index in [1.54, 1.807) is 26.0 Å². The highest BCUT2D eigenvalue weighted by atomic mass is 16.5. The summed E-state index contributed by atoms with van der Waals surface area (Å²) in [6.07, 6.45) is 0. The number of ether oxygens (including phenoxy) is 1. The van der Waals surface area contributed by atoms with Crippen LogP contribution < -0.4 is 5.32 Å². The average Bonchev–Trinajstić information content (AvgIpc) is 3.02. The Balaban J connectivity index is 1.89. The van der Waals surface area contributed by atoms with Crippen LogP contribution in [0.25, 0.3) is 0 Å². The van der Waals surface area contributed by atoms with Gasteiger partial charge in [0.05, 0.1) is 5.69 Å². The highest BCUT2D eigenvalue weighted by Crippen LogP contribution is 2.23. The van der Waals surface area contributed by atoms with Gasteiger partial charge >= 0.3 is 5.97 Å². The molecule has 0 aromatic carbocycles. The number of hydrogen-bond donors (Lipinski definition) is 1. The van der Waals surface area contributed by atoms with E-state index in [4.69, 9.17) is 13.7 Å². The molecule has 0 saturated carbocycles. The van der Waals surface area contributed by atoms with E-state index in [0.717, 1.165) is 0 Å². The molecule has 1 N–H and O–H groups in total. The summed E-state index contributed by atoms with van der Waals surface area (Å²) in [5.41, 5.74) is 0.842. The molecule has 0 bridgehead atoms. The van der Waals surface area contributed by atoms with Crippen molar-refractivity contribution in [2.45, 2.75) is 40.0 Å². The lowest BCUT2D eigenvalue weighted by Crippen LogP contribution is -2.20. The van der Waals surface area contributed by atoms with Crippen molar-refractivity contribution in [1.82, 2.24) is 5.16 Å². The highest BCUT2D eigenvalue weighted by Gasteiger charge is 2.20. The summed E-state index contributed by atoms with van der Waals surface area (Å²) >= 11 is 0. The molecule has 124 valence electrons. The maximum atomic E-state index is 11.9. The molecule has 2 aromatic heterocycles. The van der Waals surface area contributed by atoms with Crippen molar-refractivity contribution in [3.05, 3.63) is 34.9 Å². The van der Waals surface area contributed by atoms with E-state index in [1.807, 2.05) is 20.8 Å². The van der Waals surface area contributed by atoms with Gasteiger partial charge in [-0.15, -0.1) is 0 Å². The zero-order chi connectivity index (χ0) is 17.2. The smallest absolute Gasteiger partial charge is 0.342 e. The average molecular weight is 320 g/mol. The van der Waals surface area contributed by atoms with E-state index in [0.29, 0.717) is 22.8 Å². The summed E-state index contributed by atoms with van der Waals surface area (Å²) in [5, 5.41) is 6.38. The first-order valence-corrected chi connectivity index (χ1v) is 7.18. The Kier molecular flexibility index (Phi) is 4.58. The number of furan rings is 1. The SMILES string of the molecule is Cc1cc(C(=O)OCC(=O)Nc2cc(C(C)(C)C)no2)c(C)o1. The van der Waals surface area contributed by atoms with Crippen LogP contribution in [0, 0.1) is 13.8 Å². The number of nitrogens with one attached hydrogen (secondary N) is 1. The first-order chi connectivity index (χ1) is 10.7. The Morgan fingerprint density at radius 3 is 2.48 bits per heavy atom. The van der Waals surface area contributed by atoms with Gasteiger partial charge in [0.2, 0.25) is 5.88 Å². The largest absolute Gasteiger partial charge is 0.466 e. The second-order valence-corrected chi connectivity index (χ2v) is 6.28. The van der Waals surface area contributed by atoms with Gasteiger partial charge in [-0.25, -0.2) is 4.79 Å². The normalized spacial score (nSPS) is 11.3. The molecule has 0 aliphatic heterocycles. The second-order valence-electron chi connectivity index (χ2n) is 6.28. The Bertz CT molecular complexity index is 721. The fraction of sp³-hybridized carbons (Fsp3) is 0.438. The second kappa shape index (κ2) is 6.28. The maximum absolute atomic E-state index is 11.9. The molecule has 0 aliphatic carbocycles. The Morgan fingerprint density at radius 2 is 1.96 bits per heavy atom. The van der Waals surface area contributed by atoms with Crippen molar-refractivity contribution in [2.24, 2.45) is 0 Å². The van der Waals surface area contributed by atoms with Crippen molar-refractivity contribution in [1.29, 1.82) is 0 Å². The molecule has 0 spiro atoms. The van der Waals surface area contributed by atoms with Crippen LogP contribution >= 0.6 is 0 Å². The zero-order valence-electron chi connectivity index (χ0n) is 13.9. The number of aryl methyl sites for hydroxylation is 2. The standard InChI is InChI=1S/C16H20N2O5/c1-9-6-11(10(2)22-9)15(20)21-8-13(19)17-14-7-12(18-23-14)16(3,4)5/h6-7H,8H2,1-5H3,(H,17,19). The summed E-state index contributed by atoms with van der Waals surface area (Å²) in [5.74, 6) is 0.162. The molecule has 0 saturated heterocycles. The number of hydrogen-bond acceptors (Lipinski definition) is 6. The third-order valence-electron chi connectivity index (χ3n) is 3.14. The predicted octanol–water partition coefficient (Wildman–Crippen LogP) is 2.98. The molecule has 23 heavy (non-hydrogen) atoms. The minimum atomic E-state index is -0.609. The van der Waals surface area contributed by atoms with Gasteiger partial charge in [0.25, 0.3) is 5.91 Å². The van der Waals surface area contributed by atoms with Gasteiger partial charge in [-0.1, -0.05) is 25.9 Å². The van der Waals surface area contributed by atoms with Crippen LogP contribution in [0.5, 0.6) is 0 Å². The first kappa shape index (κ1) is 16.8. The minimum absolute atomic E-state index is 0.185. The van der Waals surface area contributed by atoms with E-state index in [2.05, 4.69) is 10.5 Å². The first-order valence-electron chi connectivity index (χ1n) is 7.18. The van der Waals surface area contributed by atoms with Crippen molar-refractivity contribution >= 4 is 17.8 Å². The lowest BCUT2D eigenvalue weighted by molar-refractivity contribution is -0.119. The number of esters is 1. The molecular formula is C16H20N2O5. The van der Waals surface area contributed by atoms with Gasteiger partial charge in [0.1, 0.15) is 17.1 Å². The van der Waals surface area contributed by atoms with E-state index < -0.39 is 18.5 Å². The molecule has 0 radical (unpaired) electrons. The fourth-order valence-electron chi connectivity index (χ4n) is 1.90. The van der Waals surface area contributed by atoms with Crippen LogP contribution in [0.1, 0.15) is 48.3 Å². The number of carbonyl (C=O) groups excluding carboxylic acids is 2. The Hall–Kier alpha value is -2.57. The molecule has 2 aromatic rings. The van der Waals surface area contributed by atoms with Gasteiger partial charge in [0, 0.05) is 11.5 Å². The summed E-state index contributed by atoms with van der Waals surface area (Å²) in [6, 6.07) is 3.21. The molecule has 0 atom stereocenters. The van der Waals surface area contributed by atoms with E-state index >= 15 is 0 Å². The molecule has 0 aliphatic rings. The minimum Gasteiger partial charge on any atom is -0.466 e. The monoisotopic (exact) mass is 320 g/mol. The molecule has 2 rings (SSSR count). The Labute approximate surface area is 134 Å². The lowest BCUT2D eigenvalue weighted by Gasteiger charge is -2.12. The molecule has 0 unspecified atom stereocenters. The molecular weight excluding hydrogens is 300 g/mol. The van der Waals surface area contributed by atoms with Gasteiger partial charge in [-0.2, -0.15) is 0 Å². The molecule has 7 nitrogen and oxygen atoms in total. The number of anilines is 1. The number of amides is 1. The number of aromatic nitrogens is 1. The number of carbonyl (C=O) groups is 2. The van der Waals surface area contributed by atoms with Crippen molar-refractivity contribution in [3.8, 4) is 0 Å². The van der Waals surface area contributed by atoms with Crippen molar-refractivity contribution in [3.63, 3.8) is 0 Å². The molecule has 7 heteroatoms. The number of nitrogens with zero attached hydrogens (tertiary/aromatic N) is 1. The van der Waals surface area contributed by atoms with Gasteiger partial charge in [-0.05, 0) is 19.9 Å². The summed E-state index contributed by atoms with van der Waals surface area (Å²) in [6.45, 7) is 8.90. The van der Waals surface area contributed by atoms with Crippen molar-refractivity contribution in [2.75, 3.05) is 11.9 Å². The highest BCUT2D eigenvalue weighted by molar-refractivity contribution is 5.95. The van der Waals surface area contributed by atoms with Crippen LogP contribution in [0.2, 0.25) is 0 Å². The van der Waals surface area contributed by atoms with Crippen LogP contribution in [-0.2, 0) is 14.9 Å². The van der Waals surface area contributed by atoms with E-state index in [1.165, 1.54) is 0 Å². The van der Waals surface area contributed by atoms with Gasteiger partial charge in [-0.3, -0.25) is 10.1 Å². The molecule has 0 fully saturated rings. The zero-order valence-corrected chi connectivity index (χ0v) is 13.9. The van der Waals surface area contributed by atoms with E-state index in [9.17, 15) is 9.59 Å². The summed E-state index contributed by atoms with van der Waals surface area (Å²) < 4.78 is 15.2.